The lowest BCUT2D eigenvalue weighted by Crippen LogP contribution is -2.24. The molecule has 0 aliphatic heterocycles. The summed E-state index contributed by atoms with van der Waals surface area (Å²) >= 11 is 1.49. The van der Waals surface area contributed by atoms with Gasteiger partial charge in [0.1, 0.15) is 0 Å². The van der Waals surface area contributed by atoms with Gasteiger partial charge < -0.3 is 10.2 Å². The smallest absolute Gasteiger partial charge is 0.0951 e. The van der Waals surface area contributed by atoms with Gasteiger partial charge in [-0.15, -0.1) is 11.3 Å². The molecule has 3 nitrogen and oxygen atoms in total. The predicted octanol–water partition coefficient (Wildman–Crippen LogP) is 0.427. The third-order valence-corrected chi connectivity index (χ3v) is 2.23. The van der Waals surface area contributed by atoms with Crippen LogP contribution in [0.3, 0.4) is 0 Å². The van der Waals surface area contributed by atoms with Crippen LogP contribution in [0.1, 0.15) is 11.9 Å². The first-order valence-corrected chi connectivity index (χ1v) is 4.32. The van der Waals surface area contributed by atoms with Crippen LogP contribution in [0.4, 0.5) is 0 Å². The summed E-state index contributed by atoms with van der Waals surface area (Å²) in [7, 11) is 0. The van der Waals surface area contributed by atoms with E-state index in [4.69, 9.17) is 5.11 Å². The molecule has 0 aliphatic rings. The van der Waals surface area contributed by atoms with Crippen molar-refractivity contribution >= 4 is 11.3 Å². The van der Waals surface area contributed by atoms with Crippen molar-refractivity contribution in [2.24, 2.45) is 0 Å². The van der Waals surface area contributed by atoms with Gasteiger partial charge in [0.2, 0.25) is 0 Å². The first-order chi connectivity index (χ1) is 5.20. The van der Waals surface area contributed by atoms with Crippen molar-refractivity contribution in [1.82, 2.24) is 4.98 Å². The maximum Gasteiger partial charge on any atom is 0.0951 e. The average molecular weight is 173 g/mol. The predicted molar refractivity (Wildman–Crippen MR) is 43.5 cm³/mol. The zero-order chi connectivity index (χ0) is 8.27. The minimum atomic E-state index is -0.693. The fourth-order valence-electron chi connectivity index (χ4n) is 0.703. The summed E-state index contributed by atoms with van der Waals surface area (Å²) < 4.78 is 0. The summed E-state index contributed by atoms with van der Waals surface area (Å²) in [4.78, 5) is 3.99. The van der Waals surface area contributed by atoms with Crippen LogP contribution in [-0.2, 0) is 6.42 Å². The van der Waals surface area contributed by atoms with Gasteiger partial charge in [0, 0.05) is 18.0 Å². The average Bonchev–Trinajstić information content (AvgIpc) is 2.39. The van der Waals surface area contributed by atoms with Crippen LogP contribution in [-0.4, -0.2) is 27.4 Å². The fraction of sp³-hybridized carbons (Fsp3) is 0.571. The van der Waals surface area contributed by atoms with Crippen LogP contribution in [0, 0.1) is 0 Å². The van der Waals surface area contributed by atoms with Crippen LogP contribution in [0.25, 0.3) is 0 Å². The summed E-state index contributed by atoms with van der Waals surface area (Å²) in [5.74, 6) is 0. The third-order valence-electron chi connectivity index (χ3n) is 1.42. The molecule has 0 bridgehead atoms. The maximum absolute atomic E-state index is 9.21. The molecule has 62 valence electrons. The zero-order valence-corrected chi connectivity index (χ0v) is 7.08. The Morgan fingerprint density at radius 3 is 2.82 bits per heavy atom. The molecule has 1 aromatic rings. The first kappa shape index (κ1) is 8.64. The minimum absolute atomic E-state index is 0.440. The summed E-state index contributed by atoms with van der Waals surface area (Å²) in [6.45, 7) is 1.57. The first-order valence-electron chi connectivity index (χ1n) is 3.44. The van der Waals surface area contributed by atoms with Gasteiger partial charge in [0.15, 0.2) is 0 Å². The number of thiazole rings is 1. The van der Waals surface area contributed by atoms with E-state index in [-0.39, 0.29) is 0 Å². The topological polar surface area (TPSA) is 53.4 Å². The monoisotopic (exact) mass is 173 g/mol. The van der Waals surface area contributed by atoms with Gasteiger partial charge in [0.25, 0.3) is 0 Å². The molecule has 11 heavy (non-hydrogen) atoms. The Kier molecular flexibility index (Phi) is 2.99. The second-order valence-corrected chi connectivity index (χ2v) is 3.42. The highest BCUT2D eigenvalue weighted by Crippen LogP contribution is 2.08. The van der Waals surface area contributed by atoms with E-state index in [2.05, 4.69) is 4.98 Å². The summed E-state index contributed by atoms with van der Waals surface area (Å²) in [6, 6.07) is 0. The van der Waals surface area contributed by atoms with E-state index in [9.17, 15) is 5.11 Å². The van der Waals surface area contributed by atoms with Crippen LogP contribution in [0.2, 0.25) is 0 Å². The highest BCUT2D eigenvalue weighted by molar-refractivity contribution is 7.09. The Morgan fingerprint density at radius 2 is 2.36 bits per heavy atom. The number of hydrogen-bond donors (Lipinski definition) is 2. The SMILES string of the molecule is CC(O)C(O)Cc1nccs1. The number of aromatic nitrogens is 1. The molecule has 0 fully saturated rings. The molecule has 0 saturated carbocycles. The van der Waals surface area contributed by atoms with Crippen molar-refractivity contribution in [3.8, 4) is 0 Å². The normalized spacial score (nSPS) is 16.3. The molecule has 0 amide bonds. The van der Waals surface area contributed by atoms with Gasteiger partial charge >= 0.3 is 0 Å². The number of aliphatic hydroxyl groups excluding tert-OH is 2. The minimum Gasteiger partial charge on any atom is -0.391 e. The number of nitrogens with zero attached hydrogens (tertiary/aromatic N) is 1. The van der Waals surface area contributed by atoms with E-state index < -0.39 is 12.2 Å². The number of hydrogen-bond acceptors (Lipinski definition) is 4. The van der Waals surface area contributed by atoms with E-state index in [1.165, 1.54) is 11.3 Å². The van der Waals surface area contributed by atoms with Crippen molar-refractivity contribution in [1.29, 1.82) is 0 Å². The Hall–Kier alpha value is -0.450. The largest absolute Gasteiger partial charge is 0.391 e. The third kappa shape index (κ3) is 2.57. The molecule has 2 N–H and O–H groups in total. The highest BCUT2D eigenvalue weighted by Gasteiger charge is 2.12. The molecule has 4 heteroatoms. The Labute approximate surface area is 69.3 Å². The molecule has 0 spiro atoms. The van der Waals surface area contributed by atoms with E-state index in [1.807, 2.05) is 5.38 Å². The molecule has 1 heterocycles. The van der Waals surface area contributed by atoms with Crippen molar-refractivity contribution in [3.05, 3.63) is 16.6 Å². The van der Waals surface area contributed by atoms with E-state index in [0.717, 1.165) is 5.01 Å². The van der Waals surface area contributed by atoms with Gasteiger partial charge in [-0.3, -0.25) is 0 Å². The van der Waals surface area contributed by atoms with Gasteiger partial charge in [-0.2, -0.15) is 0 Å². The van der Waals surface area contributed by atoms with Crippen LogP contribution < -0.4 is 0 Å². The van der Waals surface area contributed by atoms with Gasteiger partial charge in [0.05, 0.1) is 17.2 Å². The lowest BCUT2D eigenvalue weighted by molar-refractivity contribution is 0.0319. The Morgan fingerprint density at radius 1 is 1.64 bits per heavy atom. The number of rotatable bonds is 3. The standard InChI is InChI=1S/C7H11NO2S/c1-5(9)6(10)4-7-8-2-3-11-7/h2-3,5-6,9-10H,4H2,1H3. The fourth-order valence-corrected chi connectivity index (χ4v) is 1.37. The number of aliphatic hydroxyl groups is 2. The second kappa shape index (κ2) is 3.80. The van der Waals surface area contributed by atoms with Crippen molar-refractivity contribution in [3.63, 3.8) is 0 Å². The summed E-state index contributed by atoms with van der Waals surface area (Å²) in [5.41, 5.74) is 0. The summed E-state index contributed by atoms with van der Waals surface area (Å²) in [6.07, 6.45) is 0.754. The lowest BCUT2D eigenvalue weighted by Gasteiger charge is -2.10. The van der Waals surface area contributed by atoms with E-state index in [0.29, 0.717) is 6.42 Å². The quantitative estimate of drug-likeness (QED) is 0.697. The molecule has 2 atom stereocenters. The van der Waals surface area contributed by atoms with Crippen LogP contribution in [0.15, 0.2) is 11.6 Å². The molecule has 1 aromatic heterocycles. The van der Waals surface area contributed by atoms with Crippen LogP contribution >= 0.6 is 11.3 Å². The van der Waals surface area contributed by atoms with E-state index >= 15 is 0 Å². The highest BCUT2D eigenvalue weighted by atomic mass is 32.1. The molecule has 0 aromatic carbocycles. The lowest BCUT2D eigenvalue weighted by atomic mass is 10.2. The molecule has 0 radical (unpaired) electrons. The molecule has 2 unspecified atom stereocenters. The Bertz CT molecular complexity index is 198. The van der Waals surface area contributed by atoms with Gasteiger partial charge in [-0.05, 0) is 6.92 Å². The van der Waals surface area contributed by atoms with Crippen molar-refractivity contribution < 1.29 is 10.2 Å². The van der Waals surface area contributed by atoms with Crippen LogP contribution in [0.5, 0.6) is 0 Å². The molecular formula is C7H11NO2S. The maximum atomic E-state index is 9.21. The van der Waals surface area contributed by atoms with Crippen molar-refractivity contribution in [2.45, 2.75) is 25.6 Å². The molecular weight excluding hydrogens is 162 g/mol. The van der Waals surface area contributed by atoms with E-state index in [1.54, 1.807) is 13.1 Å². The van der Waals surface area contributed by atoms with Crippen molar-refractivity contribution in [2.75, 3.05) is 0 Å². The Balaban J connectivity index is 2.43. The molecule has 0 aliphatic carbocycles. The molecule has 1 rings (SSSR count). The zero-order valence-electron chi connectivity index (χ0n) is 6.27. The second-order valence-electron chi connectivity index (χ2n) is 2.44. The molecule has 0 saturated heterocycles. The van der Waals surface area contributed by atoms with Gasteiger partial charge in [-0.1, -0.05) is 0 Å². The summed E-state index contributed by atoms with van der Waals surface area (Å²) in [5, 5.41) is 20.9. The van der Waals surface area contributed by atoms with Gasteiger partial charge in [-0.25, -0.2) is 4.98 Å².